The summed E-state index contributed by atoms with van der Waals surface area (Å²) in [6.07, 6.45) is 7.33. The minimum Gasteiger partial charge on any atom is -0.371 e. The number of hydrogen-bond donors (Lipinski definition) is 2. The van der Waals surface area contributed by atoms with Gasteiger partial charge in [-0.2, -0.15) is 0 Å². The van der Waals surface area contributed by atoms with Crippen molar-refractivity contribution in [3.05, 3.63) is 60.2 Å². The highest BCUT2D eigenvalue weighted by molar-refractivity contribution is 5.91. The summed E-state index contributed by atoms with van der Waals surface area (Å²) in [6.45, 7) is 3.02. The van der Waals surface area contributed by atoms with Crippen LogP contribution < -0.4 is 10.6 Å². The van der Waals surface area contributed by atoms with Crippen LogP contribution in [0.3, 0.4) is 0 Å². The average molecular weight is 434 g/mol. The van der Waals surface area contributed by atoms with Crippen LogP contribution in [0.15, 0.2) is 43.2 Å². The van der Waals surface area contributed by atoms with Crippen molar-refractivity contribution in [2.45, 2.75) is 26.4 Å². The molecule has 0 fully saturated rings. The molecule has 0 unspecified atom stereocenters. The molecule has 0 atom stereocenters. The number of carbonyl (C=O) groups is 1. The number of pyridine rings is 2. The van der Waals surface area contributed by atoms with Gasteiger partial charge in [-0.25, -0.2) is 19.7 Å². The molecule has 4 heterocycles. The zero-order valence-corrected chi connectivity index (χ0v) is 18.7. The Kier molecular flexibility index (Phi) is 6.02. The van der Waals surface area contributed by atoms with E-state index < -0.39 is 0 Å². The van der Waals surface area contributed by atoms with Gasteiger partial charge in [0.15, 0.2) is 5.82 Å². The molecule has 10 nitrogen and oxygen atoms in total. The van der Waals surface area contributed by atoms with Crippen LogP contribution in [0.4, 0.5) is 16.4 Å². The van der Waals surface area contributed by atoms with Crippen molar-refractivity contribution >= 4 is 28.7 Å². The van der Waals surface area contributed by atoms with E-state index in [4.69, 9.17) is 9.97 Å². The van der Waals surface area contributed by atoms with Gasteiger partial charge in [-0.3, -0.25) is 9.55 Å². The molecule has 4 aromatic rings. The highest BCUT2D eigenvalue weighted by Crippen LogP contribution is 2.29. The van der Waals surface area contributed by atoms with Gasteiger partial charge >= 0.3 is 6.03 Å². The Bertz CT molecular complexity index is 1230. The van der Waals surface area contributed by atoms with Crippen LogP contribution in [0, 0.1) is 0 Å². The number of carbonyl (C=O) groups excluding carboxylic acids is 1. The van der Waals surface area contributed by atoms with E-state index in [1.165, 1.54) is 10.9 Å². The Hall–Kier alpha value is -3.95. The Morgan fingerprint density at radius 3 is 2.69 bits per heavy atom. The quantitative estimate of drug-likeness (QED) is 0.462. The van der Waals surface area contributed by atoms with Crippen LogP contribution in [0.2, 0.25) is 0 Å². The van der Waals surface area contributed by atoms with Crippen LogP contribution >= 0.6 is 0 Å². The molecule has 32 heavy (non-hydrogen) atoms. The smallest absolute Gasteiger partial charge is 0.329 e. The van der Waals surface area contributed by atoms with E-state index >= 15 is 0 Å². The zero-order valence-electron chi connectivity index (χ0n) is 18.7. The Labute approximate surface area is 186 Å². The molecule has 0 saturated carbocycles. The van der Waals surface area contributed by atoms with Crippen LogP contribution in [0.5, 0.6) is 0 Å². The second-order valence-electron chi connectivity index (χ2n) is 7.53. The molecule has 0 aliphatic heterocycles. The lowest BCUT2D eigenvalue weighted by atomic mass is 10.1. The van der Waals surface area contributed by atoms with Crippen molar-refractivity contribution < 1.29 is 4.79 Å². The summed E-state index contributed by atoms with van der Waals surface area (Å²) in [5.41, 5.74) is 4.72. The normalized spacial score (nSPS) is 11.0. The van der Waals surface area contributed by atoms with Gasteiger partial charge in [0.2, 0.25) is 0 Å². The number of amides is 1. The maximum absolute atomic E-state index is 12.4. The van der Waals surface area contributed by atoms with E-state index in [2.05, 4.69) is 27.5 Å². The lowest BCUT2D eigenvalue weighted by Crippen LogP contribution is -2.30. The van der Waals surface area contributed by atoms with Crippen molar-refractivity contribution in [3.63, 3.8) is 0 Å². The monoisotopic (exact) mass is 433 g/mol. The number of fused-ring (bicyclic) bond motifs is 1. The van der Waals surface area contributed by atoms with E-state index in [1.54, 1.807) is 24.3 Å². The lowest BCUT2D eigenvalue weighted by Gasteiger charge is -2.17. The summed E-state index contributed by atoms with van der Waals surface area (Å²) in [6, 6.07) is 5.67. The highest BCUT2D eigenvalue weighted by Gasteiger charge is 2.16. The molecule has 10 heteroatoms. The molecule has 0 spiro atoms. The van der Waals surface area contributed by atoms with Gasteiger partial charge in [-0.05, 0) is 18.6 Å². The third-order valence-electron chi connectivity index (χ3n) is 5.30. The molecule has 0 saturated heterocycles. The van der Waals surface area contributed by atoms with Crippen LogP contribution in [-0.4, -0.2) is 54.1 Å². The fraction of sp³-hybridized carbons (Fsp3) is 0.318. The summed E-state index contributed by atoms with van der Waals surface area (Å²) in [5, 5.41) is 6.58. The zero-order chi connectivity index (χ0) is 22.7. The predicted octanol–water partition coefficient (Wildman–Crippen LogP) is 2.88. The maximum atomic E-state index is 12.4. The van der Waals surface area contributed by atoms with Gasteiger partial charge in [-0.15, -0.1) is 0 Å². The number of anilines is 2. The van der Waals surface area contributed by atoms with Crippen molar-refractivity contribution in [2.75, 3.05) is 24.7 Å². The van der Waals surface area contributed by atoms with Crippen molar-refractivity contribution in [3.8, 4) is 0 Å². The van der Waals surface area contributed by atoms with Crippen molar-refractivity contribution in [1.29, 1.82) is 0 Å². The molecular formula is C22H27N9O. The second-order valence-corrected chi connectivity index (χ2v) is 7.53. The lowest BCUT2D eigenvalue weighted by molar-refractivity contribution is 0.208. The topological polar surface area (TPSA) is 106 Å². The minimum atomic E-state index is -0.159. The fourth-order valence-corrected chi connectivity index (χ4v) is 3.73. The number of nitrogens with zero attached hydrogens (tertiary/aromatic N) is 7. The number of hydrogen-bond acceptors (Lipinski definition) is 7. The molecule has 0 aliphatic rings. The first-order valence-corrected chi connectivity index (χ1v) is 10.5. The Morgan fingerprint density at radius 1 is 1.16 bits per heavy atom. The third kappa shape index (κ3) is 4.11. The number of aryl methyl sites for hydroxylation is 2. The van der Waals surface area contributed by atoms with Gasteiger partial charge < -0.3 is 20.1 Å². The summed E-state index contributed by atoms with van der Waals surface area (Å²) in [4.78, 5) is 31.9. The Morgan fingerprint density at radius 2 is 1.97 bits per heavy atom. The van der Waals surface area contributed by atoms with E-state index in [-0.39, 0.29) is 6.03 Å². The summed E-state index contributed by atoms with van der Waals surface area (Å²) in [7, 11) is 5.58. The summed E-state index contributed by atoms with van der Waals surface area (Å²) in [5.74, 6) is 1.55. The minimum absolute atomic E-state index is 0.159. The van der Waals surface area contributed by atoms with Crippen LogP contribution in [0.1, 0.15) is 23.9 Å². The standard InChI is InChI=1S/C22H27N9O/c1-5-17-19-18(26-14-30(19)4)21(23-2)28-20(17)25-11-15-7-6-8-16(27-15)12-29(3)22(32)31-10-9-24-13-31/h6-10,13-14H,5,11-12H2,1-4H3,(H2,23,25,28). The molecule has 4 aromatic heterocycles. The molecule has 0 aliphatic carbocycles. The van der Waals surface area contributed by atoms with Crippen molar-refractivity contribution in [1.82, 2.24) is 34.0 Å². The molecule has 0 radical (unpaired) electrons. The van der Waals surface area contributed by atoms with Gasteiger partial charge in [0.1, 0.15) is 17.7 Å². The second kappa shape index (κ2) is 9.04. The summed E-state index contributed by atoms with van der Waals surface area (Å²) < 4.78 is 3.46. The number of imidazole rings is 2. The third-order valence-corrected chi connectivity index (χ3v) is 5.30. The van der Waals surface area contributed by atoms with E-state index in [9.17, 15) is 4.79 Å². The van der Waals surface area contributed by atoms with Crippen LogP contribution in [-0.2, 0) is 26.6 Å². The molecule has 4 rings (SSSR count). The maximum Gasteiger partial charge on any atom is 0.329 e. The van der Waals surface area contributed by atoms with Crippen molar-refractivity contribution in [2.24, 2.45) is 7.05 Å². The SMILES string of the molecule is CCc1c(NCc2cccc(CN(C)C(=O)n3ccnc3)n2)nc(NC)c2ncn(C)c12. The Balaban J connectivity index is 1.52. The van der Waals surface area contributed by atoms with Crippen LogP contribution in [0.25, 0.3) is 11.0 Å². The molecule has 2 N–H and O–H groups in total. The molecule has 0 bridgehead atoms. The molecular weight excluding hydrogens is 406 g/mol. The largest absolute Gasteiger partial charge is 0.371 e. The average Bonchev–Trinajstić information content (AvgIpc) is 3.47. The fourth-order valence-electron chi connectivity index (χ4n) is 3.73. The van der Waals surface area contributed by atoms with E-state index in [0.29, 0.717) is 13.1 Å². The number of aromatic nitrogens is 6. The van der Waals surface area contributed by atoms with Gasteiger partial charge in [0.25, 0.3) is 0 Å². The summed E-state index contributed by atoms with van der Waals surface area (Å²) >= 11 is 0. The van der Waals surface area contributed by atoms with Gasteiger partial charge in [0.05, 0.1) is 36.3 Å². The molecule has 166 valence electrons. The first-order chi connectivity index (χ1) is 15.5. The first-order valence-electron chi connectivity index (χ1n) is 10.5. The van der Waals surface area contributed by atoms with E-state index in [1.807, 2.05) is 43.2 Å². The van der Waals surface area contributed by atoms with Gasteiger partial charge in [-0.1, -0.05) is 13.0 Å². The predicted molar refractivity (Wildman–Crippen MR) is 123 cm³/mol. The number of nitrogens with one attached hydrogen (secondary N) is 2. The first kappa shape index (κ1) is 21.3. The number of rotatable bonds is 7. The van der Waals surface area contributed by atoms with E-state index in [0.717, 1.165) is 46.0 Å². The van der Waals surface area contributed by atoms with Gasteiger partial charge in [0, 0.05) is 39.1 Å². The molecule has 1 amide bonds. The highest BCUT2D eigenvalue weighted by atomic mass is 16.2. The molecule has 0 aromatic carbocycles.